The van der Waals surface area contributed by atoms with Crippen molar-refractivity contribution in [3.05, 3.63) is 52.3 Å². The summed E-state index contributed by atoms with van der Waals surface area (Å²) < 4.78 is 5.08. The lowest BCUT2D eigenvalue weighted by Gasteiger charge is -2.23. The molecule has 0 unspecified atom stereocenters. The van der Waals surface area contributed by atoms with Crippen LogP contribution in [0, 0.1) is 6.92 Å². The first kappa shape index (κ1) is 17.3. The van der Waals surface area contributed by atoms with Gasteiger partial charge in [0.1, 0.15) is 5.69 Å². The molecule has 0 fully saturated rings. The third-order valence-corrected chi connectivity index (χ3v) is 4.85. The number of fused-ring (bicyclic) bond motifs is 1. The number of nitrogens with zero attached hydrogens (tertiary/aromatic N) is 1. The number of hydrogen-bond acceptors (Lipinski definition) is 4. The molecule has 5 heteroatoms. The van der Waals surface area contributed by atoms with Crippen LogP contribution in [0.1, 0.15) is 56.9 Å². The number of nitrogens with one attached hydrogen (secondary N) is 1. The van der Waals surface area contributed by atoms with E-state index < -0.39 is 5.97 Å². The molecule has 1 heterocycles. The molecule has 5 nitrogen and oxygen atoms in total. The van der Waals surface area contributed by atoms with Crippen molar-refractivity contribution in [1.29, 1.82) is 0 Å². The number of ether oxygens (including phenoxy) is 1. The van der Waals surface area contributed by atoms with E-state index in [9.17, 15) is 9.59 Å². The molecular formula is C20H24N2O3. The number of rotatable bonds is 4. The number of carbonyl (C=O) groups is 2. The molecule has 2 aromatic rings. The predicted octanol–water partition coefficient (Wildman–Crippen LogP) is 3.48. The fraction of sp³-hybridized carbons (Fsp3) is 0.400. The van der Waals surface area contributed by atoms with E-state index in [1.807, 2.05) is 25.9 Å². The molecular weight excluding hydrogens is 316 g/mol. The summed E-state index contributed by atoms with van der Waals surface area (Å²) in [6, 6.07) is 8.30. The highest BCUT2D eigenvalue weighted by atomic mass is 16.5. The molecule has 1 atom stereocenters. The van der Waals surface area contributed by atoms with Gasteiger partial charge in [0, 0.05) is 37.5 Å². The lowest BCUT2D eigenvalue weighted by Crippen LogP contribution is -2.18. The van der Waals surface area contributed by atoms with Gasteiger partial charge in [-0.25, -0.2) is 4.79 Å². The van der Waals surface area contributed by atoms with E-state index in [1.165, 1.54) is 0 Å². The molecule has 1 aromatic carbocycles. The first-order valence-electron chi connectivity index (χ1n) is 8.61. The van der Waals surface area contributed by atoms with Crippen molar-refractivity contribution in [3.8, 4) is 0 Å². The van der Waals surface area contributed by atoms with Crippen LogP contribution in [0.2, 0.25) is 0 Å². The van der Waals surface area contributed by atoms with Gasteiger partial charge in [-0.3, -0.25) is 4.79 Å². The van der Waals surface area contributed by atoms with Crippen LogP contribution in [0.25, 0.3) is 0 Å². The van der Waals surface area contributed by atoms with Gasteiger partial charge in [-0.05, 0) is 49.4 Å². The number of hydrogen-bond donors (Lipinski definition) is 1. The maximum absolute atomic E-state index is 12.7. The highest BCUT2D eigenvalue weighted by Gasteiger charge is 2.32. The Morgan fingerprint density at radius 3 is 2.52 bits per heavy atom. The molecule has 0 bridgehead atoms. The maximum Gasteiger partial charge on any atom is 0.355 e. The first-order chi connectivity index (χ1) is 11.9. The molecule has 0 aliphatic heterocycles. The van der Waals surface area contributed by atoms with Crippen molar-refractivity contribution in [1.82, 2.24) is 4.98 Å². The fourth-order valence-corrected chi connectivity index (χ4v) is 3.52. The Bertz CT molecular complexity index is 803. The molecule has 1 N–H and O–H groups in total. The van der Waals surface area contributed by atoms with Gasteiger partial charge in [-0.1, -0.05) is 12.1 Å². The van der Waals surface area contributed by atoms with E-state index in [4.69, 9.17) is 4.74 Å². The van der Waals surface area contributed by atoms with Gasteiger partial charge in [0.15, 0.2) is 5.78 Å². The standard InChI is InChI=1S/C20H24N2O3/c1-5-25-20(24)19-12(2)18-16(21-19)10-14(11-17(18)23)13-6-8-15(9-7-13)22(3)4/h6-9,14,21H,5,10-11H2,1-4H3/t14-/m1/s1. The minimum atomic E-state index is -0.394. The van der Waals surface area contributed by atoms with E-state index in [2.05, 4.69) is 29.2 Å². The molecule has 0 saturated carbocycles. The fourth-order valence-electron chi connectivity index (χ4n) is 3.52. The third kappa shape index (κ3) is 3.18. The normalized spacial score (nSPS) is 16.5. The molecule has 0 saturated heterocycles. The van der Waals surface area contributed by atoms with Crippen molar-refractivity contribution in [3.63, 3.8) is 0 Å². The Labute approximate surface area is 148 Å². The number of aromatic nitrogens is 1. The lowest BCUT2D eigenvalue weighted by molar-refractivity contribution is 0.0519. The van der Waals surface area contributed by atoms with Crippen LogP contribution in [0.4, 0.5) is 5.69 Å². The zero-order chi connectivity index (χ0) is 18.1. The summed E-state index contributed by atoms with van der Waals surface area (Å²) in [6.07, 6.45) is 1.19. The average molecular weight is 340 g/mol. The van der Waals surface area contributed by atoms with Crippen molar-refractivity contribution >= 4 is 17.4 Å². The minimum Gasteiger partial charge on any atom is -0.461 e. The predicted molar refractivity (Wildman–Crippen MR) is 97.6 cm³/mol. The quantitative estimate of drug-likeness (QED) is 0.866. The van der Waals surface area contributed by atoms with Gasteiger partial charge in [0.05, 0.1) is 6.61 Å². The molecule has 0 spiro atoms. The average Bonchev–Trinajstić information content (AvgIpc) is 2.92. The highest BCUT2D eigenvalue weighted by Crippen LogP contribution is 2.35. The van der Waals surface area contributed by atoms with Crippen LogP contribution in [0.15, 0.2) is 24.3 Å². The SMILES string of the molecule is CCOC(=O)c1[nH]c2c(c1C)C(=O)C[C@H](c1ccc(N(C)C)cc1)C2. The number of H-pyrrole nitrogens is 1. The molecule has 1 aliphatic carbocycles. The summed E-state index contributed by atoms with van der Waals surface area (Å²) >= 11 is 0. The summed E-state index contributed by atoms with van der Waals surface area (Å²) in [5, 5.41) is 0. The van der Waals surface area contributed by atoms with Crippen molar-refractivity contribution in [2.75, 3.05) is 25.6 Å². The van der Waals surface area contributed by atoms with E-state index in [0.717, 1.165) is 23.4 Å². The maximum atomic E-state index is 12.7. The van der Waals surface area contributed by atoms with E-state index >= 15 is 0 Å². The zero-order valence-corrected chi connectivity index (χ0v) is 15.2. The second kappa shape index (κ2) is 6.75. The van der Waals surface area contributed by atoms with Crippen LogP contribution >= 0.6 is 0 Å². The Morgan fingerprint density at radius 1 is 1.24 bits per heavy atom. The Balaban J connectivity index is 1.89. The number of benzene rings is 1. The third-order valence-electron chi connectivity index (χ3n) is 4.85. The molecule has 0 amide bonds. The largest absolute Gasteiger partial charge is 0.461 e. The van der Waals surface area contributed by atoms with E-state index in [-0.39, 0.29) is 11.7 Å². The number of anilines is 1. The van der Waals surface area contributed by atoms with Crippen molar-refractivity contribution in [2.24, 2.45) is 0 Å². The smallest absolute Gasteiger partial charge is 0.355 e. The van der Waals surface area contributed by atoms with Gasteiger partial charge < -0.3 is 14.6 Å². The summed E-state index contributed by atoms with van der Waals surface area (Å²) in [5.74, 6) is -0.175. The summed E-state index contributed by atoms with van der Waals surface area (Å²) in [4.78, 5) is 29.9. The zero-order valence-electron chi connectivity index (χ0n) is 15.2. The summed E-state index contributed by atoms with van der Waals surface area (Å²) in [6.45, 7) is 3.90. The monoisotopic (exact) mass is 340 g/mol. The number of Topliss-reactive ketones (excluding diaryl/α,β-unsaturated/α-hetero) is 1. The molecule has 132 valence electrons. The Morgan fingerprint density at radius 2 is 1.92 bits per heavy atom. The van der Waals surface area contributed by atoms with Crippen molar-refractivity contribution in [2.45, 2.75) is 32.6 Å². The molecule has 25 heavy (non-hydrogen) atoms. The number of aromatic amines is 1. The van der Waals surface area contributed by atoms with Crippen LogP contribution in [-0.4, -0.2) is 37.4 Å². The number of carbonyl (C=O) groups excluding carboxylic acids is 2. The molecule has 1 aromatic heterocycles. The van der Waals surface area contributed by atoms with E-state index in [1.54, 1.807) is 6.92 Å². The summed E-state index contributed by atoms with van der Waals surface area (Å²) in [5.41, 5.74) is 4.91. The second-order valence-corrected chi connectivity index (χ2v) is 6.71. The van der Waals surface area contributed by atoms with Gasteiger partial charge in [-0.15, -0.1) is 0 Å². The highest BCUT2D eigenvalue weighted by molar-refractivity contribution is 6.03. The molecule has 3 rings (SSSR count). The van der Waals surface area contributed by atoms with Crippen LogP contribution in [-0.2, 0) is 11.2 Å². The number of esters is 1. The number of ketones is 1. The second-order valence-electron chi connectivity index (χ2n) is 6.71. The Kier molecular flexibility index (Phi) is 4.66. The van der Waals surface area contributed by atoms with Crippen LogP contribution in [0.5, 0.6) is 0 Å². The first-order valence-corrected chi connectivity index (χ1v) is 8.61. The lowest BCUT2D eigenvalue weighted by atomic mass is 9.81. The van der Waals surface area contributed by atoms with Crippen LogP contribution < -0.4 is 4.90 Å². The van der Waals surface area contributed by atoms with Crippen LogP contribution in [0.3, 0.4) is 0 Å². The Hall–Kier alpha value is -2.56. The van der Waals surface area contributed by atoms with Crippen molar-refractivity contribution < 1.29 is 14.3 Å². The van der Waals surface area contributed by atoms with E-state index in [0.29, 0.717) is 29.8 Å². The summed E-state index contributed by atoms with van der Waals surface area (Å²) in [7, 11) is 4.01. The van der Waals surface area contributed by atoms with Gasteiger partial charge in [0.25, 0.3) is 0 Å². The van der Waals surface area contributed by atoms with Gasteiger partial charge in [-0.2, -0.15) is 0 Å². The molecule has 0 radical (unpaired) electrons. The minimum absolute atomic E-state index is 0.0900. The topological polar surface area (TPSA) is 62.4 Å². The van der Waals surface area contributed by atoms with Gasteiger partial charge >= 0.3 is 5.97 Å². The van der Waals surface area contributed by atoms with Gasteiger partial charge in [0.2, 0.25) is 0 Å². The molecule has 1 aliphatic rings.